The number of halogens is 1. The summed E-state index contributed by atoms with van der Waals surface area (Å²) in [5.74, 6) is -1.90. The predicted molar refractivity (Wildman–Crippen MR) is 126 cm³/mol. The van der Waals surface area contributed by atoms with Crippen molar-refractivity contribution in [2.45, 2.75) is 25.9 Å². The Bertz CT molecular complexity index is 1460. The van der Waals surface area contributed by atoms with Gasteiger partial charge in [-0.05, 0) is 50.2 Å². The fraction of sp³-hybridized carbons (Fsp3) is 0.240. The lowest BCUT2D eigenvalue weighted by atomic mass is 10.1. The van der Waals surface area contributed by atoms with E-state index in [0.29, 0.717) is 30.0 Å². The van der Waals surface area contributed by atoms with Crippen LogP contribution in [0.15, 0.2) is 59.7 Å². The van der Waals surface area contributed by atoms with Crippen LogP contribution in [0.3, 0.4) is 0 Å². The van der Waals surface area contributed by atoms with Crippen molar-refractivity contribution in [1.82, 2.24) is 14.9 Å². The molecule has 1 aliphatic rings. The molecule has 0 amide bonds. The minimum absolute atomic E-state index is 0.0265. The molecule has 5 rings (SSSR count). The van der Waals surface area contributed by atoms with E-state index < -0.39 is 22.8 Å². The van der Waals surface area contributed by atoms with Crippen molar-refractivity contribution in [2.75, 3.05) is 18.0 Å². The Balaban J connectivity index is 1.78. The van der Waals surface area contributed by atoms with Crippen molar-refractivity contribution >= 4 is 33.5 Å². The summed E-state index contributed by atoms with van der Waals surface area (Å²) in [7, 11) is 0. The lowest BCUT2D eigenvalue weighted by Gasteiger charge is -2.38. The van der Waals surface area contributed by atoms with Crippen LogP contribution in [0.1, 0.15) is 24.2 Å². The number of carboxylic acids is 1. The van der Waals surface area contributed by atoms with Crippen LogP contribution >= 0.6 is 0 Å². The molecule has 3 heterocycles. The number of hydrogen-bond donors (Lipinski definition) is 2. The van der Waals surface area contributed by atoms with Crippen LogP contribution < -0.4 is 15.6 Å². The van der Waals surface area contributed by atoms with Crippen LogP contribution in [-0.4, -0.2) is 45.8 Å². The van der Waals surface area contributed by atoms with E-state index in [1.54, 1.807) is 16.8 Å². The third kappa shape index (κ3) is 3.72. The van der Waals surface area contributed by atoms with Crippen molar-refractivity contribution < 1.29 is 14.3 Å². The maximum atomic E-state index is 15.2. The first kappa shape index (κ1) is 21.1. The molecule has 2 aromatic carbocycles. The van der Waals surface area contributed by atoms with Gasteiger partial charge >= 0.3 is 5.97 Å². The Hall–Kier alpha value is -3.78. The number of aromatic nitrogens is 2. The van der Waals surface area contributed by atoms with Crippen LogP contribution in [-0.2, 0) is 0 Å². The molecule has 1 fully saturated rings. The zero-order valence-electron chi connectivity index (χ0n) is 18.2. The lowest BCUT2D eigenvalue weighted by molar-refractivity contribution is 0.0695. The molecule has 33 heavy (non-hydrogen) atoms. The molecule has 1 saturated heterocycles. The molecular weight excluding hydrogens is 423 g/mol. The standard InChI is InChI=1S/C25H23FN4O3/c1-14-11-29(12-15(2)28-14)23-10-22-18(9-20(23)26)24(31)19(25(32)33)13-30(22)17-5-6-21-16(8-17)4-3-7-27-21/h3-10,13-15,28H,11-12H2,1-2H3,(H,32,33)/t14-,15+. The summed E-state index contributed by atoms with van der Waals surface area (Å²) in [6.07, 6.45) is 3.01. The SMILES string of the molecule is C[C@@H]1CN(c2cc3c(cc2F)c(=O)c(C(=O)O)cn3-c2ccc3ncccc3c2)C[C@H](C)N1. The first-order valence-electron chi connectivity index (χ1n) is 10.8. The Morgan fingerprint density at radius 3 is 2.64 bits per heavy atom. The Morgan fingerprint density at radius 2 is 1.91 bits per heavy atom. The van der Waals surface area contributed by atoms with Crippen LogP contribution in [0.4, 0.5) is 10.1 Å². The number of benzene rings is 2. The van der Waals surface area contributed by atoms with Gasteiger partial charge in [0.15, 0.2) is 0 Å². The maximum Gasteiger partial charge on any atom is 0.341 e. The zero-order chi connectivity index (χ0) is 23.3. The molecule has 7 nitrogen and oxygen atoms in total. The number of piperazine rings is 1. The van der Waals surface area contributed by atoms with Crippen LogP contribution in [0, 0.1) is 5.82 Å². The molecule has 168 valence electrons. The van der Waals surface area contributed by atoms with Gasteiger partial charge in [0.05, 0.1) is 16.7 Å². The minimum Gasteiger partial charge on any atom is -0.477 e. The summed E-state index contributed by atoms with van der Waals surface area (Å²) in [4.78, 5) is 31.0. The van der Waals surface area contributed by atoms with Crippen molar-refractivity contribution in [3.05, 3.63) is 76.5 Å². The van der Waals surface area contributed by atoms with E-state index in [-0.39, 0.29) is 17.5 Å². The van der Waals surface area contributed by atoms with Crippen molar-refractivity contribution in [3.8, 4) is 5.69 Å². The molecule has 2 atom stereocenters. The smallest absolute Gasteiger partial charge is 0.341 e. The van der Waals surface area contributed by atoms with Gasteiger partial charge in [0.25, 0.3) is 0 Å². The number of anilines is 1. The van der Waals surface area contributed by atoms with Gasteiger partial charge in [-0.25, -0.2) is 9.18 Å². The van der Waals surface area contributed by atoms with Gasteiger partial charge in [-0.15, -0.1) is 0 Å². The van der Waals surface area contributed by atoms with E-state index in [1.165, 1.54) is 6.20 Å². The number of fused-ring (bicyclic) bond motifs is 2. The molecule has 2 N–H and O–H groups in total. The number of rotatable bonds is 3. The largest absolute Gasteiger partial charge is 0.477 e. The second-order valence-corrected chi connectivity index (χ2v) is 8.62. The van der Waals surface area contributed by atoms with Gasteiger partial charge < -0.3 is 19.9 Å². The van der Waals surface area contributed by atoms with Gasteiger partial charge in [0.1, 0.15) is 11.4 Å². The highest BCUT2D eigenvalue weighted by Gasteiger charge is 2.25. The number of aromatic carboxylic acids is 1. The third-order valence-electron chi connectivity index (χ3n) is 6.07. The zero-order valence-corrected chi connectivity index (χ0v) is 18.2. The Kier molecular flexibility index (Phi) is 5.09. The summed E-state index contributed by atoms with van der Waals surface area (Å²) in [6, 6.07) is 12.4. The Morgan fingerprint density at radius 1 is 1.15 bits per heavy atom. The Labute approximate surface area is 189 Å². The van der Waals surface area contributed by atoms with E-state index in [9.17, 15) is 14.7 Å². The average molecular weight is 446 g/mol. The van der Waals surface area contributed by atoms with Gasteiger partial charge in [-0.3, -0.25) is 9.78 Å². The normalized spacial score (nSPS) is 18.7. The number of hydrogen-bond acceptors (Lipinski definition) is 5. The summed E-state index contributed by atoms with van der Waals surface area (Å²) < 4.78 is 16.9. The summed E-state index contributed by atoms with van der Waals surface area (Å²) in [5.41, 5.74) is 1.17. The highest BCUT2D eigenvalue weighted by molar-refractivity contribution is 5.94. The molecule has 0 aliphatic carbocycles. The van der Waals surface area contributed by atoms with Crippen LogP contribution in [0.2, 0.25) is 0 Å². The van der Waals surface area contributed by atoms with Crippen LogP contribution in [0.5, 0.6) is 0 Å². The minimum atomic E-state index is -1.35. The first-order valence-corrected chi connectivity index (χ1v) is 10.8. The van der Waals surface area contributed by atoms with Crippen molar-refractivity contribution in [3.63, 3.8) is 0 Å². The monoisotopic (exact) mass is 446 g/mol. The molecule has 0 spiro atoms. The van der Waals surface area contributed by atoms with Gasteiger partial charge in [-0.2, -0.15) is 0 Å². The lowest BCUT2D eigenvalue weighted by Crippen LogP contribution is -2.54. The number of carbonyl (C=O) groups is 1. The molecule has 4 aromatic rings. The second kappa shape index (κ2) is 7.97. The van der Waals surface area contributed by atoms with Crippen molar-refractivity contribution in [2.24, 2.45) is 0 Å². The van der Waals surface area contributed by atoms with E-state index in [4.69, 9.17) is 0 Å². The summed E-state index contributed by atoms with van der Waals surface area (Å²) in [6.45, 7) is 5.32. The number of carboxylic acid groups (broad SMARTS) is 1. The van der Waals surface area contributed by atoms with E-state index >= 15 is 4.39 Å². The van der Waals surface area contributed by atoms with E-state index in [1.807, 2.05) is 49.1 Å². The third-order valence-corrected chi connectivity index (χ3v) is 6.07. The van der Waals surface area contributed by atoms with Crippen molar-refractivity contribution in [1.29, 1.82) is 0 Å². The quantitative estimate of drug-likeness (QED) is 0.500. The van der Waals surface area contributed by atoms with E-state index in [2.05, 4.69) is 10.3 Å². The molecule has 0 unspecified atom stereocenters. The topological polar surface area (TPSA) is 87.5 Å². The molecule has 1 aliphatic heterocycles. The second-order valence-electron chi connectivity index (χ2n) is 8.62. The van der Waals surface area contributed by atoms with Gasteiger partial charge in [-0.1, -0.05) is 6.07 Å². The van der Waals surface area contributed by atoms with Gasteiger partial charge in [0.2, 0.25) is 5.43 Å². The molecule has 0 bridgehead atoms. The molecule has 8 heteroatoms. The van der Waals surface area contributed by atoms with Gasteiger partial charge in [0, 0.05) is 54.0 Å². The maximum absolute atomic E-state index is 15.2. The fourth-order valence-corrected chi connectivity index (χ4v) is 4.68. The summed E-state index contributed by atoms with van der Waals surface area (Å²) >= 11 is 0. The number of nitrogens with zero attached hydrogens (tertiary/aromatic N) is 3. The van der Waals surface area contributed by atoms with E-state index in [0.717, 1.165) is 17.0 Å². The van der Waals surface area contributed by atoms with Crippen LogP contribution in [0.25, 0.3) is 27.5 Å². The average Bonchev–Trinajstić information content (AvgIpc) is 2.78. The number of nitrogens with one attached hydrogen (secondary N) is 1. The molecule has 0 saturated carbocycles. The highest BCUT2D eigenvalue weighted by Crippen LogP contribution is 2.29. The first-order chi connectivity index (χ1) is 15.8. The molecule has 2 aromatic heterocycles. The fourth-order valence-electron chi connectivity index (χ4n) is 4.68. The summed E-state index contributed by atoms with van der Waals surface area (Å²) in [5, 5.41) is 13.9. The highest BCUT2D eigenvalue weighted by atomic mass is 19.1. The number of pyridine rings is 2. The molecule has 0 radical (unpaired) electrons. The predicted octanol–water partition coefficient (Wildman–Crippen LogP) is 3.56. The molecular formula is C25H23FN4O3.